The molecule has 0 saturated carbocycles. The van der Waals surface area contributed by atoms with Gasteiger partial charge in [0.05, 0.1) is 7.11 Å². The number of nitrogens with zero attached hydrogens (tertiary/aromatic N) is 1. The number of piperidine rings is 1. The normalized spacial score (nSPS) is 23.8. The predicted molar refractivity (Wildman–Crippen MR) is 70.2 cm³/mol. The summed E-state index contributed by atoms with van der Waals surface area (Å²) in [6.07, 6.45) is 1.65. The molecule has 1 aliphatic heterocycles. The van der Waals surface area contributed by atoms with E-state index in [0.29, 0.717) is 12.5 Å². The van der Waals surface area contributed by atoms with E-state index in [-0.39, 0.29) is 12.1 Å². The first-order valence-electron chi connectivity index (χ1n) is 6.31. The molecule has 0 aromatic heterocycles. The Labute approximate surface area is 108 Å². The number of likely N-dealkylation sites (tertiary alicyclic amines) is 1. The molecule has 0 spiro atoms. The Morgan fingerprint density at radius 2 is 2.11 bits per heavy atom. The van der Waals surface area contributed by atoms with Gasteiger partial charge in [-0.2, -0.15) is 0 Å². The van der Waals surface area contributed by atoms with Crippen LogP contribution in [0.1, 0.15) is 12.0 Å². The fraction of sp³-hybridized carbons (Fsp3) is 0.500. The average molecular weight is 248 g/mol. The van der Waals surface area contributed by atoms with Crippen LogP contribution in [0.3, 0.4) is 0 Å². The standard InChI is InChI=1S/C14H20N2O2/c1-18-14(17)16-9-12(8-13(15)10-16)7-11-5-3-2-4-6-11/h2-6,12-13H,7-10,15H2,1H3. The molecule has 0 aliphatic carbocycles. The minimum atomic E-state index is -0.275. The Kier molecular flexibility index (Phi) is 4.20. The molecule has 2 rings (SSSR count). The van der Waals surface area contributed by atoms with Gasteiger partial charge in [0.25, 0.3) is 0 Å². The number of methoxy groups -OCH3 is 1. The summed E-state index contributed by atoms with van der Waals surface area (Å²) in [5.41, 5.74) is 7.31. The lowest BCUT2D eigenvalue weighted by atomic mass is 9.89. The van der Waals surface area contributed by atoms with Crippen LogP contribution in [-0.2, 0) is 11.2 Å². The molecular weight excluding hydrogens is 228 g/mol. The molecular formula is C14H20N2O2. The van der Waals surface area contributed by atoms with Crippen molar-refractivity contribution in [3.8, 4) is 0 Å². The molecule has 1 amide bonds. The Balaban J connectivity index is 1.98. The lowest BCUT2D eigenvalue weighted by molar-refractivity contribution is 0.0962. The molecule has 18 heavy (non-hydrogen) atoms. The second-order valence-electron chi connectivity index (χ2n) is 4.93. The van der Waals surface area contributed by atoms with Crippen LogP contribution in [0.5, 0.6) is 0 Å². The zero-order chi connectivity index (χ0) is 13.0. The largest absolute Gasteiger partial charge is 0.453 e. The summed E-state index contributed by atoms with van der Waals surface area (Å²) in [5, 5.41) is 0. The van der Waals surface area contributed by atoms with Crippen molar-refractivity contribution in [3.63, 3.8) is 0 Å². The average Bonchev–Trinajstić information content (AvgIpc) is 2.38. The van der Waals surface area contributed by atoms with Gasteiger partial charge in [-0.05, 0) is 24.3 Å². The number of hydrogen-bond acceptors (Lipinski definition) is 3. The van der Waals surface area contributed by atoms with Crippen molar-refractivity contribution in [2.45, 2.75) is 18.9 Å². The minimum Gasteiger partial charge on any atom is -0.453 e. The molecule has 1 aromatic carbocycles. The molecule has 0 bridgehead atoms. The third kappa shape index (κ3) is 3.23. The molecule has 4 heteroatoms. The van der Waals surface area contributed by atoms with Gasteiger partial charge in [-0.1, -0.05) is 30.3 Å². The van der Waals surface area contributed by atoms with Gasteiger partial charge < -0.3 is 15.4 Å². The Morgan fingerprint density at radius 1 is 1.39 bits per heavy atom. The molecule has 2 atom stereocenters. The Hall–Kier alpha value is -1.55. The molecule has 1 saturated heterocycles. The van der Waals surface area contributed by atoms with E-state index in [2.05, 4.69) is 12.1 Å². The summed E-state index contributed by atoms with van der Waals surface area (Å²) >= 11 is 0. The highest BCUT2D eigenvalue weighted by Gasteiger charge is 2.28. The maximum absolute atomic E-state index is 11.6. The van der Waals surface area contributed by atoms with Crippen LogP contribution in [0.4, 0.5) is 4.79 Å². The van der Waals surface area contributed by atoms with Crippen LogP contribution in [0.2, 0.25) is 0 Å². The SMILES string of the molecule is COC(=O)N1CC(N)CC(Cc2ccccc2)C1. The van der Waals surface area contributed by atoms with E-state index in [9.17, 15) is 4.79 Å². The Bertz CT molecular complexity index is 394. The van der Waals surface area contributed by atoms with Gasteiger partial charge in [0.15, 0.2) is 0 Å². The maximum Gasteiger partial charge on any atom is 0.409 e. The molecule has 1 fully saturated rings. The zero-order valence-corrected chi connectivity index (χ0v) is 10.7. The van der Waals surface area contributed by atoms with Crippen LogP contribution in [0, 0.1) is 5.92 Å². The van der Waals surface area contributed by atoms with E-state index < -0.39 is 0 Å². The monoisotopic (exact) mass is 248 g/mol. The number of hydrogen-bond donors (Lipinski definition) is 1. The van der Waals surface area contributed by atoms with Crippen molar-refractivity contribution in [2.24, 2.45) is 11.7 Å². The first-order chi connectivity index (χ1) is 8.69. The lowest BCUT2D eigenvalue weighted by Crippen LogP contribution is -2.49. The number of carbonyl (C=O) groups excluding carboxylic acids is 1. The summed E-state index contributed by atoms with van der Waals surface area (Å²) in [7, 11) is 1.41. The number of amides is 1. The van der Waals surface area contributed by atoms with E-state index in [1.807, 2.05) is 18.2 Å². The van der Waals surface area contributed by atoms with Gasteiger partial charge in [-0.15, -0.1) is 0 Å². The van der Waals surface area contributed by atoms with Gasteiger partial charge in [0, 0.05) is 19.1 Å². The van der Waals surface area contributed by atoms with E-state index in [0.717, 1.165) is 19.4 Å². The predicted octanol–water partition coefficient (Wildman–Crippen LogP) is 1.64. The van der Waals surface area contributed by atoms with Crippen molar-refractivity contribution in [2.75, 3.05) is 20.2 Å². The van der Waals surface area contributed by atoms with Crippen molar-refractivity contribution < 1.29 is 9.53 Å². The van der Waals surface area contributed by atoms with Crippen LogP contribution in [0.25, 0.3) is 0 Å². The second-order valence-corrected chi connectivity index (χ2v) is 4.93. The summed E-state index contributed by atoms with van der Waals surface area (Å²) in [6.45, 7) is 1.33. The highest BCUT2D eigenvalue weighted by Crippen LogP contribution is 2.20. The number of rotatable bonds is 2. The minimum absolute atomic E-state index is 0.0477. The van der Waals surface area contributed by atoms with Crippen molar-refractivity contribution >= 4 is 6.09 Å². The Morgan fingerprint density at radius 3 is 2.78 bits per heavy atom. The second kappa shape index (κ2) is 5.87. The first kappa shape index (κ1) is 12.9. The molecule has 2 unspecified atom stereocenters. The number of benzene rings is 1. The smallest absolute Gasteiger partial charge is 0.409 e. The number of nitrogens with two attached hydrogens (primary N) is 1. The van der Waals surface area contributed by atoms with E-state index in [1.165, 1.54) is 12.7 Å². The summed E-state index contributed by atoms with van der Waals surface area (Å²) in [6, 6.07) is 10.4. The molecule has 4 nitrogen and oxygen atoms in total. The molecule has 98 valence electrons. The fourth-order valence-corrected chi connectivity index (χ4v) is 2.62. The first-order valence-corrected chi connectivity index (χ1v) is 6.31. The van der Waals surface area contributed by atoms with Crippen LogP contribution >= 0.6 is 0 Å². The van der Waals surface area contributed by atoms with Crippen molar-refractivity contribution in [1.82, 2.24) is 4.90 Å². The van der Waals surface area contributed by atoms with Gasteiger partial charge in [0.1, 0.15) is 0 Å². The highest BCUT2D eigenvalue weighted by atomic mass is 16.5. The summed E-state index contributed by atoms with van der Waals surface area (Å²) < 4.78 is 4.77. The maximum atomic E-state index is 11.6. The third-order valence-corrected chi connectivity index (χ3v) is 3.37. The lowest BCUT2D eigenvalue weighted by Gasteiger charge is -2.35. The van der Waals surface area contributed by atoms with Gasteiger partial charge in [0.2, 0.25) is 0 Å². The van der Waals surface area contributed by atoms with Crippen LogP contribution in [-0.4, -0.2) is 37.2 Å². The van der Waals surface area contributed by atoms with Gasteiger partial charge in [-0.25, -0.2) is 4.79 Å². The quantitative estimate of drug-likeness (QED) is 0.865. The van der Waals surface area contributed by atoms with Crippen LogP contribution in [0.15, 0.2) is 30.3 Å². The van der Waals surface area contributed by atoms with Crippen LogP contribution < -0.4 is 5.73 Å². The molecule has 1 aliphatic rings. The van der Waals surface area contributed by atoms with Gasteiger partial charge in [-0.3, -0.25) is 0 Å². The number of carbonyl (C=O) groups is 1. The molecule has 1 aromatic rings. The van der Waals surface area contributed by atoms with E-state index >= 15 is 0 Å². The molecule has 2 N–H and O–H groups in total. The topological polar surface area (TPSA) is 55.6 Å². The molecule has 1 heterocycles. The summed E-state index contributed by atoms with van der Waals surface area (Å²) in [5.74, 6) is 0.412. The highest BCUT2D eigenvalue weighted by molar-refractivity contribution is 5.67. The van der Waals surface area contributed by atoms with Gasteiger partial charge >= 0.3 is 6.09 Å². The van der Waals surface area contributed by atoms with E-state index in [1.54, 1.807) is 4.90 Å². The van der Waals surface area contributed by atoms with Crippen molar-refractivity contribution in [1.29, 1.82) is 0 Å². The third-order valence-electron chi connectivity index (χ3n) is 3.37. The fourth-order valence-electron chi connectivity index (χ4n) is 2.62. The van der Waals surface area contributed by atoms with E-state index in [4.69, 9.17) is 10.5 Å². The molecule has 0 radical (unpaired) electrons. The summed E-state index contributed by atoms with van der Waals surface area (Å²) in [4.78, 5) is 13.3. The zero-order valence-electron chi connectivity index (χ0n) is 10.7. The van der Waals surface area contributed by atoms with Crippen molar-refractivity contribution in [3.05, 3.63) is 35.9 Å². The number of ether oxygens (including phenoxy) is 1.